The molecule has 128 valence electrons. The van der Waals surface area contributed by atoms with Crippen LogP contribution in [0.15, 0.2) is 18.2 Å². The van der Waals surface area contributed by atoms with Gasteiger partial charge in [-0.05, 0) is 24.6 Å². The standard InChI is InChI=1S/C16H18FN3O4/c1-16(14(18)22,13-7-19-15(23)24-13)9-2-3-12(11(17)6-9)20-5-4-10(21)8-20/h2-3,6,13H,4-5,7-8H2,1H3,(H2,18,22)(H,19,23). The van der Waals surface area contributed by atoms with Crippen LogP contribution in [0.3, 0.4) is 0 Å². The lowest BCUT2D eigenvalue weighted by Gasteiger charge is -2.31. The number of amides is 2. The molecule has 2 aliphatic heterocycles. The number of benzene rings is 1. The second-order valence-electron chi connectivity index (χ2n) is 6.22. The van der Waals surface area contributed by atoms with Crippen LogP contribution in [0.5, 0.6) is 0 Å². The van der Waals surface area contributed by atoms with Gasteiger partial charge in [-0.2, -0.15) is 0 Å². The van der Waals surface area contributed by atoms with Crippen molar-refractivity contribution in [1.29, 1.82) is 0 Å². The molecule has 2 atom stereocenters. The van der Waals surface area contributed by atoms with Gasteiger partial charge in [0, 0.05) is 13.0 Å². The fraction of sp³-hybridized carbons (Fsp3) is 0.438. The first-order valence-corrected chi connectivity index (χ1v) is 7.63. The molecule has 1 aromatic carbocycles. The molecular weight excluding hydrogens is 317 g/mol. The maximum atomic E-state index is 14.6. The predicted octanol–water partition coefficient (Wildman–Crippen LogP) is 0.456. The number of carbonyl (C=O) groups excluding carboxylic acids is 3. The van der Waals surface area contributed by atoms with Crippen molar-refractivity contribution in [2.75, 3.05) is 24.5 Å². The molecule has 2 unspecified atom stereocenters. The molecule has 0 saturated carbocycles. The fourth-order valence-electron chi connectivity index (χ4n) is 3.12. The van der Waals surface area contributed by atoms with E-state index in [9.17, 15) is 18.8 Å². The number of hydrogen-bond donors (Lipinski definition) is 2. The molecule has 3 N–H and O–H groups in total. The maximum Gasteiger partial charge on any atom is 0.407 e. The van der Waals surface area contributed by atoms with E-state index in [0.29, 0.717) is 24.2 Å². The summed E-state index contributed by atoms with van der Waals surface area (Å²) in [7, 11) is 0. The van der Waals surface area contributed by atoms with Crippen molar-refractivity contribution in [3.05, 3.63) is 29.6 Å². The van der Waals surface area contributed by atoms with Crippen molar-refractivity contribution in [2.24, 2.45) is 5.73 Å². The zero-order valence-corrected chi connectivity index (χ0v) is 13.2. The largest absolute Gasteiger partial charge is 0.443 e. The molecule has 24 heavy (non-hydrogen) atoms. The van der Waals surface area contributed by atoms with Crippen molar-refractivity contribution in [1.82, 2.24) is 5.32 Å². The summed E-state index contributed by atoms with van der Waals surface area (Å²) in [5, 5.41) is 2.47. The Hall–Kier alpha value is -2.64. The number of anilines is 1. The normalized spacial score (nSPS) is 22.9. The number of ketones is 1. The summed E-state index contributed by atoms with van der Waals surface area (Å²) in [6.07, 6.45) is -1.06. The second kappa shape index (κ2) is 5.77. The van der Waals surface area contributed by atoms with Crippen LogP contribution in [0.4, 0.5) is 14.9 Å². The van der Waals surface area contributed by atoms with Crippen LogP contribution in [0.2, 0.25) is 0 Å². The average molecular weight is 335 g/mol. The molecule has 0 aliphatic carbocycles. The lowest BCUT2D eigenvalue weighted by Crippen LogP contribution is -2.49. The monoisotopic (exact) mass is 335 g/mol. The first-order valence-electron chi connectivity index (χ1n) is 7.63. The van der Waals surface area contributed by atoms with Gasteiger partial charge in [-0.3, -0.25) is 9.59 Å². The minimum atomic E-state index is -1.36. The lowest BCUT2D eigenvalue weighted by molar-refractivity contribution is -0.126. The molecule has 2 heterocycles. The van der Waals surface area contributed by atoms with E-state index in [1.807, 2.05) is 0 Å². The van der Waals surface area contributed by atoms with Crippen molar-refractivity contribution in [3.8, 4) is 0 Å². The summed E-state index contributed by atoms with van der Waals surface area (Å²) in [4.78, 5) is 36.3. The number of ether oxygens (including phenoxy) is 1. The average Bonchev–Trinajstić information content (AvgIpc) is 3.15. The van der Waals surface area contributed by atoms with Gasteiger partial charge >= 0.3 is 6.09 Å². The predicted molar refractivity (Wildman–Crippen MR) is 83.1 cm³/mol. The molecule has 0 aromatic heterocycles. The number of primary amides is 1. The number of halogens is 1. The number of Topliss-reactive ketones (excluding diaryl/α,β-unsaturated/α-hetero) is 1. The van der Waals surface area contributed by atoms with Crippen LogP contribution in [0.1, 0.15) is 18.9 Å². The molecule has 0 spiro atoms. The van der Waals surface area contributed by atoms with E-state index in [0.717, 1.165) is 0 Å². The highest BCUT2D eigenvalue weighted by molar-refractivity contribution is 5.89. The zero-order valence-electron chi connectivity index (χ0n) is 13.2. The quantitative estimate of drug-likeness (QED) is 0.832. The Bertz CT molecular complexity index is 723. The fourth-order valence-corrected chi connectivity index (χ4v) is 3.12. The van der Waals surface area contributed by atoms with Crippen LogP contribution >= 0.6 is 0 Å². The van der Waals surface area contributed by atoms with Crippen LogP contribution < -0.4 is 16.0 Å². The Morgan fingerprint density at radius 1 is 1.46 bits per heavy atom. The minimum Gasteiger partial charge on any atom is -0.443 e. The number of cyclic esters (lactones) is 1. The van der Waals surface area contributed by atoms with Gasteiger partial charge in [-0.15, -0.1) is 0 Å². The number of nitrogens with one attached hydrogen (secondary N) is 1. The molecule has 7 nitrogen and oxygen atoms in total. The van der Waals surface area contributed by atoms with Crippen molar-refractivity contribution >= 4 is 23.5 Å². The van der Waals surface area contributed by atoms with E-state index >= 15 is 0 Å². The third-order valence-corrected chi connectivity index (χ3v) is 4.75. The highest BCUT2D eigenvalue weighted by atomic mass is 19.1. The third kappa shape index (κ3) is 2.57. The summed E-state index contributed by atoms with van der Waals surface area (Å²) in [5.74, 6) is -1.20. The van der Waals surface area contributed by atoms with Crippen LogP contribution in [0, 0.1) is 5.82 Å². The SMILES string of the molecule is CC(C(N)=O)(c1ccc(N2CCC(=O)C2)c(F)c1)C1CNC(=O)O1. The molecule has 2 fully saturated rings. The van der Waals surface area contributed by atoms with Crippen LogP contribution in [0.25, 0.3) is 0 Å². The molecule has 2 amide bonds. The van der Waals surface area contributed by atoms with Gasteiger partial charge in [-0.25, -0.2) is 9.18 Å². The first-order chi connectivity index (χ1) is 11.3. The summed E-state index contributed by atoms with van der Waals surface area (Å²) < 4.78 is 19.7. The summed E-state index contributed by atoms with van der Waals surface area (Å²) in [6.45, 7) is 2.27. The van der Waals surface area contributed by atoms with Crippen molar-refractivity contribution in [2.45, 2.75) is 24.9 Å². The molecule has 0 radical (unpaired) electrons. The van der Waals surface area contributed by atoms with Gasteiger partial charge in [0.15, 0.2) is 5.78 Å². The number of rotatable bonds is 4. The molecule has 8 heteroatoms. The Morgan fingerprint density at radius 3 is 2.71 bits per heavy atom. The Balaban J connectivity index is 1.95. The molecule has 1 aromatic rings. The number of hydrogen-bond acceptors (Lipinski definition) is 5. The molecular formula is C16H18FN3O4. The van der Waals surface area contributed by atoms with E-state index in [2.05, 4.69) is 5.32 Å². The van der Waals surface area contributed by atoms with Crippen molar-refractivity contribution < 1.29 is 23.5 Å². The van der Waals surface area contributed by atoms with E-state index in [4.69, 9.17) is 10.5 Å². The second-order valence-corrected chi connectivity index (χ2v) is 6.22. The van der Waals surface area contributed by atoms with Crippen molar-refractivity contribution in [3.63, 3.8) is 0 Å². The van der Waals surface area contributed by atoms with Gasteiger partial charge < -0.3 is 20.7 Å². The Morgan fingerprint density at radius 2 is 2.21 bits per heavy atom. The van der Waals surface area contributed by atoms with Gasteiger partial charge in [0.25, 0.3) is 0 Å². The van der Waals surface area contributed by atoms with E-state index in [-0.39, 0.29) is 18.9 Å². The Labute approximate surface area is 137 Å². The lowest BCUT2D eigenvalue weighted by atomic mass is 9.76. The topological polar surface area (TPSA) is 102 Å². The summed E-state index contributed by atoms with van der Waals surface area (Å²) in [6, 6.07) is 4.32. The van der Waals surface area contributed by atoms with Gasteiger partial charge in [0.1, 0.15) is 17.3 Å². The van der Waals surface area contributed by atoms with E-state index in [1.54, 1.807) is 11.0 Å². The van der Waals surface area contributed by atoms with Crippen LogP contribution in [-0.4, -0.2) is 43.5 Å². The molecule has 2 aliphatic rings. The number of alkyl carbamates (subject to hydrolysis) is 1. The maximum absolute atomic E-state index is 14.6. The number of carbonyl (C=O) groups is 3. The summed E-state index contributed by atoms with van der Waals surface area (Å²) >= 11 is 0. The van der Waals surface area contributed by atoms with Gasteiger partial charge in [0.2, 0.25) is 5.91 Å². The van der Waals surface area contributed by atoms with Crippen LogP contribution in [-0.2, 0) is 19.7 Å². The molecule has 3 rings (SSSR count). The molecule has 2 saturated heterocycles. The third-order valence-electron chi connectivity index (χ3n) is 4.75. The smallest absolute Gasteiger partial charge is 0.407 e. The zero-order chi connectivity index (χ0) is 17.5. The summed E-state index contributed by atoms with van der Waals surface area (Å²) in [5.41, 5.74) is 4.79. The number of nitrogens with two attached hydrogens (primary N) is 1. The Kier molecular flexibility index (Phi) is 3.90. The van der Waals surface area contributed by atoms with E-state index < -0.39 is 29.3 Å². The van der Waals surface area contributed by atoms with E-state index in [1.165, 1.54) is 19.1 Å². The highest BCUT2D eigenvalue weighted by Gasteiger charge is 2.47. The first kappa shape index (κ1) is 16.2. The number of nitrogens with zero attached hydrogens (tertiary/aromatic N) is 1. The minimum absolute atomic E-state index is 0.0596. The van der Waals surface area contributed by atoms with Gasteiger partial charge in [-0.1, -0.05) is 6.07 Å². The van der Waals surface area contributed by atoms with Gasteiger partial charge in [0.05, 0.1) is 18.8 Å². The molecule has 0 bridgehead atoms. The highest BCUT2D eigenvalue weighted by Crippen LogP contribution is 2.34.